The van der Waals surface area contributed by atoms with E-state index in [1.807, 2.05) is 0 Å². The Bertz CT molecular complexity index is 1110. The van der Waals surface area contributed by atoms with Crippen molar-refractivity contribution in [3.8, 4) is 0 Å². The average molecular weight is 445 g/mol. The van der Waals surface area contributed by atoms with Gasteiger partial charge in [-0.3, -0.25) is 9.52 Å². The summed E-state index contributed by atoms with van der Waals surface area (Å²) >= 11 is 1.13. The Labute approximate surface area is 179 Å². The van der Waals surface area contributed by atoms with E-state index in [4.69, 9.17) is 0 Å². The highest BCUT2D eigenvalue weighted by molar-refractivity contribution is 7.94. The number of sulfonamides is 1. The van der Waals surface area contributed by atoms with Crippen molar-refractivity contribution in [3.05, 3.63) is 95.6 Å². The molecule has 0 saturated carbocycles. The number of amides is 1. The van der Waals surface area contributed by atoms with E-state index in [2.05, 4.69) is 11.3 Å². The third-order valence-electron chi connectivity index (χ3n) is 4.34. The fraction of sp³-hybridized carbons (Fsp3) is 0.136. The third kappa shape index (κ3) is 5.55. The van der Waals surface area contributed by atoms with Gasteiger partial charge < -0.3 is 4.90 Å². The molecule has 0 aliphatic heterocycles. The van der Waals surface area contributed by atoms with Crippen LogP contribution in [0.25, 0.3) is 0 Å². The molecule has 0 aliphatic carbocycles. The van der Waals surface area contributed by atoms with Crippen LogP contribution in [0, 0.1) is 5.82 Å². The molecule has 0 fully saturated rings. The lowest BCUT2D eigenvalue weighted by molar-refractivity contribution is -0.130. The Morgan fingerprint density at radius 1 is 1.10 bits per heavy atom. The van der Waals surface area contributed by atoms with Crippen molar-refractivity contribution in [1.82, 2.24) is 4.90 Å². The molecule has 1 heterocycles. The molecule has 0 atom stereocenters. The minimum absolute atomic E-state index is 0.111. The van der Waals surface area contributed by atoms with Crippen LogP contribution in [-0.2, 0) is 27.8 Å². The first-order valence-corrected chi connectivity index (χ1v) is 11.5. The molecule has 30 heavy (non-hydrogen) atoms. The van der Waals surface area contributed by atoms with E-state index in [0.717, 1.165) is 16.9 Å². The summed E-state index contributed by atoms with van der Waals surface area (Å²) in [6.45, 7) is 4.12. The van der Waals surface area contributed by atoms with Crippen LogP contribution < -0.4 is 4.72 Å². The number of nitrogens with zero attached hydrogens (tertiary/aromatic N) is 1. The van der Waals surface area contributed by atoms with Crippen LogP contribution in [-0.4, -0.2) is 25.8 Å². The van der Waals surface area contributed by atoms with Gasteiger partial charge in [-0.25, -0.2) is 12.8 Å². The van der Waals surface area contributed by atoms with E-state index in [9.17, 15) is 17.6 Å². The molecule has 1 N–H and O–H groups in total. The zero-order valence-corrected chi connectivity index (χ0v) is 17.8. The van der Waals surface area contributed by atoms with Crippen LogP contribution in [0.15, 0.2) is 82.9 Å². The second-order valence-electron chi connectivity index (χ2n) is 6.57. The van der Waals surface area contributed by atoms with Crippen LogP contribution in [0.5, 0.6) is 0 Å². The maximum absolute atomic E-state index is 13.9. The van der Waals surface area contributed by atoms with E-state index in [1.165, 1.54) is 17.0 Å². The fourth-order valence-corrected chi connectivity index (χ4v) is 4.89. The van der Waals surface area contributed by atoms with E-state index in [1.54, 1.807) is 60.0 Å². The van der Waals surface area contributed by atoms with Gasteiger partial charge in [0.05, 0.1) is 6.42 Å². The van der Waals surface area contributed by atoms with Crippen molar-refractivity contribution in [1.29, 1.82) is 0 Å². The van der Waals surface area contributed by atoms with Crippen molar-refractivity contribution in [2.24, 2.45) is 0 Å². The van der Waals surface area contributed by atoms with Gasteiger partial charge in [0.25, 0.3) is 10.0 Å². The molecule has 156 valence electrons. The number of thiophene rings is 1. The van der Waals surface area contributed by atoms with Crippen molar-refractivity contribution >= 4 is 33.0 Å². The molecule has 0 spiro atoms. The normalized spacial score (nSPS) is 11.1. The average Bonchev–Trinajstić information content (AvgIpc) is 3.26. The molecule has 0 aliphatic rings. The smallest absolute Gasteiger partial charge is 0.271 e. The van der Waals surface area contributed by atoms with E-state index in [0.29, 0.717) is 17.8 Å². The highest BCUT2D eigenvalue weighted by atomic mass is 32.2. The van der Waals surface area contributed by atoms with Crippen LogP contribution in [0.3, 0.4) is 0 Å². The Kier molecular flexibility index (Phi) is 7.02. The second kappa shape index (κ2) is 9.69. The molecule has 3 rings (SSSR count). The Morgan fingerprint density at radius 2 is 1.83 bits per heavy atom. The summed E-state index contributed by atoms with van der Waals surface area (Å²) in [7, 11) is -3.62. The van der Waals surface area contributed by atoms with Crippen LogP contribution in [0.2, 0.25) is 0 Å². The number of hydrogen-bond acceptors (Lipinski definition) is 4. The Morgan fingerprint density at radius 3 is 2.47 bits per heavy atom. The lowest BCUT2D eigenvalue weighted by atomic mass is 10.1. The van der Waals surface area contributed by atoms with Crippen molar-refractivity contribution < 1.29 is 17.6 Å². The number of halogens is 1. The summed E-state index contributed by atoms with van der Waals surface area (Å²) in [6.07, 6.45) is 1.71. The number of carbonyl (C=O) groups excluding carboxylic acids is 1. The quantitative estimate of drug-likeness (QED) is 0.496. The summed E-state index contributed by atoms with van der Waals surface area (Å²) in [5, 5.41) is 1.69. The van der Waals surface area contributed by atoms with Gasteiger partial charge in [-0.05, 0) is 35.2 Å². The minimum Gasteiger partial charge on any atom is -0.334 e. The lowest BCUT2D eigenvalue weighted by Gasteiger charge is -2.21. The van der Waals surface area contributed by atoms with E-state index >= 15 is 0 Å². The van der Waals surface area contributed by atoms with Gasteiger partial charge in [0, 0.05) is 24.3 Å². The lowest BCUT2D eigenvalue weighted by Crippen LogP contribution is -2.32. The molecular formula is C22H21FN2O3S2. The van der Waals surface area contributed by atoms with E-state index in [-0.39, 0.29) is 28.9 Å². The molecule has 0 saturated heterocycles. The molecule has 0 bridgehead atoms. The van der Waals surface area contributed by atoms with Gasteiger partial charge in [0.1, 0.15) is 10.0 Å². The van der Waals surface area contributed by atoms with Gasteiger partial charge in [-0.1, -0.05) is 42.5 Å². The largest absolute Gasteiger partial charge is 0.334 e. The topological polar surface area (TPSA) is 66.5 Å². The molecule has 1 amide bonds. The predicted octanol–water partition coefficient (Wildman–Crippen LogP) is 4.45. The van der Waals surface area contributed by atoms with Gasteiger partial charge >= 0.3 is 0 Å². The van der Waals surface area contributed by atoms with Gasteiger partial charge in [-0.15, -0.1) is 17.9 Å². The molecule has 8 heteroatoms. The molecule has 3 aromatic rings. The molecule has 0 unspecified atom stereocenters. The fourth-order valence-electron chi connectivity index (χ4n) is 2.84. The van der Waals surface area contributed by atoms with Gasteiger partial charge in [-0.2, -0.15) is 0 Å². The first-order valence-electron chi connectivity index (χ1n) is 9.16. The first-order chi connectivity index (χ1) is 14.4. The monoisotopic (exact) mass is 444 g/mol. The summed E-state index contributed by atoms with van der Waals surface area (Å²) < 4.78 is 41.3. The zero-order chi connectivity index (χ0) is 21.6. The number of anilines is 1. The first kappa shape index (κ1) is 21.7. The number of carbonyl (C=O) groups is 1. The third-order valence-corrected chi connectivity index (χ3v) is 7.12. The minimum atomic E-state index is -3.62. The summed E-state index contributed by atoms with van der Waals surface area (Å²) in [4.78, 5) is 14.3. The number of hydrogen-bond donors (Lipinski definition) is 1. The zero-order valence-electron chi connectivity index (χ0n) is 16.1. The number of rotatable bonds is 9. The van der Waals surface area contributed by atoms with Crippen molar-refractivity contribution in [2.75, 3.05) is 11.3 Å². The SMILES string of the molecule is C=CCN(Cc1ccccc1F)C(=O)Cc1ccc(NS(=O)(=O)c2cccs2)cc1. The standard InChI is InChI=1S/C22H21FN2O3S2/c1-2-13-25(16-18-6-3-4-7-20(18)23)21(26)15-17-9-11-19(12-10-17)24-30(27,28)22-8-5-14-29-22/h2-12,14,24H,1,13,15-16H2. The summed E-state index contributed by atoms with van der Waals surface area (Å²) in [5.41, 5.74) is 1.57. The molecule has 5 nitrogen and oxygen atoms in total. The van der Waals surface area contributed by atoms with Crippen LogP contribution >= 0.6 is 11.3 Å². The Balaban J connectivity index is 1.66. The maximum Gasteiger partial charge on any atom is 0.271 e. The maximum atomic E-state index is 13.9. The van der Waals surface area contributed by atoms with Crippen molar-refractivity contribution in [3.63, 3.8) is 0 Å². The predicted molar refractivity (Wildman–Crippen MR) is 117 cm³/mol. The van der Waals surface area contributed by atoms with Crippen LogP contribution in [0.1, 0.15) is 11.1 Å². The van der Waals surface area contributed by atoms with Gasteiger partial charge in [0.15, 0.2) is 0 Å². The highest BCUT2D eigenvalue weighted by Crippen LogP contribution is 2.21. The summed E-state index contributed by atoms with van der Waals surface area (Å²) in [5.74, 6) is -0.535. The van der Waals surface area contributed by atoms with E-state index < -0.39 is 10.0 Å². The number of nitrogens with one attached hydrogen (secondary N) is 1. The number of benzene rings is 2. The molecular weight excluding hydrogens is 423 g/mol. The molecule has 0 radical (unpaired) electrons. The molecule has 1 aromatic heterocycles. The van der Waals surface area contributed by atoms with Crippen molar-refractivity contribution in [2.45, 2.75) is 17.2 Å². The second-order valence-corrected chi connectivity index (χ2v) is 9.42. The van der Waals surface area contributed by atoms with Gasteiger partial charge in [0.2, 0.25) is 5.91 Å². The summed E-state index contributed by atoms with van der Waals surface area (Å²) in [6, 6.07) is 16.2. The van der Waals surface area contributed by atoms with Crippen LogP contribution in [0.4, 0.5) is 10.1 Å². The molecule has 2 aromatic carbocycles. The highest BCUT2D eigenvalue weighted by Gasteiger charge is 2.17. The Hall–Kier alpha value is -2.97.